The van der Waals surface area contributed by atoms with Crippen molar-refractivity contribution in [1.29, 1.82) is 0 Å². The van der Waals surface area contributed by atoms with E-state index < -0.39 is 0 Å². The highest BCUT2D eigenvalue weighted by molar-refractivity contribution is 5.80. The molecule has 0 amide bonds. The van der Waals surface area contributed by atoms with E-state index in [9.17, 15) is 4.79 Å². The Labute approximate surface area is 124 Å². The third kappa shape index (κ3) is 7.98. The van der Waals surface area contributed by atoms with Gasteiger partial charge in [-0.1, -0.05) is 20.8 Å². The molecular weight excluding hydrogens is 252 g/mol. The van der Waals surface area contributed by atoms with E-state index in [0.29, 0.717) is 24.8 Å². The van der Waals surface area contributed by atoms with Crippen molar-refractivity contribution in [2.75, 3.05) is 39.4 Å². The van der Waals surface area contributed by atoms with Gasteiger partial charge in [0, 0.05) is 25.6 Å². The normalized spacial score (nSPS) is 17.8. The Morgan fingerprint density at radius 3 is 2.60 bits per heavy atom. The molecule has 0 unspecified atom stereocenters. The van der Waals surface area contributed by atoms with Crippen LogP contribution in [0, 0.1) is 5.92 Å². The van der Waals surface area contributed by atoms with E-state index in [1.807, 2.05) is 6.92 Å². The standard InChI is InChI=1S/C16H32N2O2/c1-4-16(19)13-18-9-5-15(6-10-18)7-11-20-12-8-17-14(2)3/h14-15,17H,4-13H2,1-3H3. The molecule has 1 fully saturated rings. The molecule has 1 N–H and O–H groups in total. The molecule has 1 rings (SSSR count). The topological polar surface area (TPSA) is 41.6 Å². The maximum atomic E-state index is 11.4. The van der Waals surface area contributed by atoms with E-state index in [-0.39, 0.29) is 0 Å². The summed E-state index contributed by atoms with van der Waals surface area (Å²) in [5, 5.41) is 3.35. The summed E-state index contributed by atoms with van der Waals surface area (Å²) in [5.74, 6) is 1.14. The Balaban J connectivity index is 1.98. The highest BCUT2D eigenvalue weighted by Crippen LogP contribution is 2.20. The first-order valence-corrected chi connectivity index (χ1v) is 8.17. The summed E-state index contributed by atoms with van der Waals surface area (Å²) in [6.07, 6.45) is 4.25. The molecule has 0 aromatic heterocycles. The van der Waals surface area contributed by atoms with Crippen molar-refractivity contribution in [3.05, 3.63) is 0 Å². The summed E-state index contributed by atoms with van der Waals surface area (Å²) >= 11 is 0. The third-order valence-electron chi connectivity index (χ3n) is 3.97. The summed E-state index contributed by atoms with van der Waals surface area (Å²) in [5.41, 5.74) is 0. The van der Waals surface area contributed by atoms with Crippen molar-refractivity contribution in [2.45, 2.75) is 52.5 Å². The number of carbonyl (C=O) groups excluding carboxylic acids is 1. The highest BCUT2D eigenvalue weighted by Gasteiger charge is 2.19. The molecule has 1 saturated heterocycles. The lowest BCUT2D eigenvalue weighted by molar-refractivity contribution is -0.120. The van der Waals surface area contributed by atoms with Gasteiger partial charge >= 0.3 is 0 Å². The highest BCUT2D eigenvalue weighted by atomic mass is 16.5. The smallest absolute Gasteiger partial charge is 0.146 e. The van der Waals surface area contributed by atoms with Gasteiger partial charge in [-0.25, -0.2) is 0 Å². The largest absolute Gasteiger partial charge is 0.380 e. The molecule has 0 atom stereocenters. The lowest BCUT2D eigenvalue weighted by atomic mass is 9.94. The lowest BCUT2D eigenvalue weighted by Crippen LogP contribution is -2.37. The van der Waals surface area contributed by atoms with E-state index in [4.69, 9.17) is 4.74 Å². The van der Waals surface area contributed by atoms with Crippen molar-refractivity contribution in [3.63, 3.8) is 0 Å². The molecule has 0 spiro atoms. The maximum Gasteiger partial charge on any atom is 0.146 e. The molecule has 1 aliphatic heterocycles. The minimum absolute atomic E-state index is 0.365. The number of Topliss-reactive ketones (excluding diaryl/α,β-unsaturated/α-hetero) is 1. The van der Waals surface area contributed by atoms with E-state index in [1.54, 1.807) is 0 Å². The van der Waals surface area contributed by atoms with Gasteiger partial charge in [0.05, 0.1) is 13.2 Å². The van der Waals surface area contributed by atoms with E-state index in [2.05, 4.69) is 24.1 Å². The Morgan fingerprint density at radius 2 is 2.00 bits per heavy atom. The minimum Gasteiger partial charge on any atom is -0.380 e. The zero-order valence-corrected chi connectivity index (χ0v) is 13.5. The third-order valence-corrected chi connectivity index (χ3v) is 3.97. The Morgan fingerprint density at radius 1 is 1.30 bits per heavy atom. The number of likely N-dealkylation sites (tertiary alicyclic amines) is 1. The van der Waals surface area contributed by atoms with Crippen LogP contribution in [0.25, 0.3) is 0 Å². The van der Waals surface area contributed by atoms with Crippen LogP contribution in [0.3, 0.4) is 0 Å². The van der Waals surface area contributed by atoms with Gasteiger partial charge in [-0.3, -0.25) is 9.69 Å². The first-order chi connectivity index (χ1) is 9.61. The van der Waals surface area contributed by atoms with Crippen LogP contribution in [0.4, 0.5) is 0 Å². The van der Waals surface area contributed by atoms with Crippen LogP contribution in [-0.4, -0.2) is 56.1 Å². The van der Waals surface area contributed by atoms with E-state index in [1.165, 1.54) is 12.8 Å². The van der Waals surface area contributed by atoms with Crippen molar-refractivity contribution in [2.24, 2.45) is 5.92 Å². The number of ketones is 1. The molecule has 4 nitrogen and oxygen atoms in total. The molecule has 0 saturated carbocycles. The number of nitrogens with zero attached hydrogens (tertiary/aromatic N) is 1. The van der Waals surface area contributed by atoms with Crippen molar-refractivity contribution >= 4 is 5.78 Å². The minimum atomic E-state index is 0.365. The molecule has 0 radical (unpaired) electrons. The summed E-state index contributed by atoms with van der Waals surface area (Å²) in [4.78, 5) is 13.7. The van der Waals surface area contributed by atoms with Crippen molar-refractivity contribution in [3.8, 4) is 0 Å². The maximum absolute atomic E-state index is 11.4. The average molecular weight is 284 g/mol. The van der Waals surface area contributed by atoms with Gasteiger partial charge in [0.15, 0.2) is 0 Å². The summed E-state index contributed by atoms with van der Waals surface area (Å²) < 4.78 is 5.67. The molecule has 0 bridgehead atoms. The number of hydrogen-bond acceptors (Lipinski definition) is 4. The first kappa shape index (κ1) is 17.6. The molecule has 20 heavy (non-hydrogen) atoms. The fraction of sp³-hybridized carbons (Fsp3) is 0.938. The van der Waals surface area contributed by atoms with Crippen molar-refractivity contribution in [1.82, 2.24) is 10.2 Å². The van der Waals surface area contributed by atoms with Crippen LogP contribution < -0.4 is 5.32 Å². The number of hydrogen-bond donors (Lipinski definition) is 1. The second-order valence-electron chi connectivity index (χ2n) is 6.12. The first-order valence-electron chi connectivity index (χ1n) is 8.17. The second kappa shape index (κ2) is 10.3. The van der Waals surface area contributed by atoms with Gasteiger partial charge in [-0.2, -0.15) is 0 Å². The van der Waals surface area contributed by atoms with Gasteiger partial charge in [0.25, 0.3) is 0 Å². The molecule has 1 aliphatic rings. The lowest BCUT2D eigenvalue weighted by Gasteiger charge is -2.31. The number of rotatable bonds is 10. The van der Waals surface area contributed by atoms with Crippen LogP contribution in [-0.2, 0) is 9.53 Å². The van der Waals surface area contributed by atoms with Crippen LogP contribution in [0.1, 0.15) is 46.5 Å². The average Bonchev–Trinajstić information content (AvgIpc) is 2.44. The number of nitrogens with one attached hydrogen (secondary N) is 1. The van der Waals surface area contributed by atoms with E-state index in [0.717, 1.165) is 45.2 Å². The Hall–Kier alpha value is -0.450. The molecule has 0 aromatic carbocycles. The monoisotopic (exact) mass is 284 g/mol. The number of ether oxygens (including phenoxy) is 1. The Kier molecular flexibility index (Phi) is 9.07. The van der Waals surface area contributed by atoms with Gasteiger partial charge in [0.1, 0.15) is 5.78 Å². The number of carbonyl (C=O) groups is 1. The predicted molar refractivity (Wildman–Crippen MR) is 83.0 cm³/mol. The molecule has 4 heteroatoms. The fourth-order valence-corrected chi connectivity index (χ4v) is 2.57. The van der Waals surface area contributed by atoms with Crippen molar-refractivity contribution < 1.29 is 9.53 Å². The van der Waals surface area contributed by atoms with Crippen LogP contribution in [0.5, 0.6) is 0 Å². The molecule has 0 aromatic rings. The predicted octanol–water partition coefficient (Wildman–Crippen LogP) is 2.08. The second-order valence-corrected chi connectivity index (χ2v) is 6.12. The number of piperidine rings is 1. The SMILES string of the molecule is CCC(=O)CN1CCC(CCOCCNC(C)C)CC1. The quantitative estimate of drug-likeness (QED) is 0.624. The van der Waals surface area contributed by atoms with Crippen LogP contribution >= 0.6 is 0 Å². The summed E-state index contributed by atoms with van der Waals surface area (Å²) in [6.45, 7) is 11.7. The molecule has 118 valence electrons. The summed E-state index contributed by atoms with van der Waals surface area (Å²) in [7, 11) is 0. The van der Waals surface area contributed by atoms with E-state index >= 15 is 0 Å². The Bertz CT molecular complexity index is 261. The fourth-order valence-electron chi connectivity index (χ4n) is 2.57. The summed E-state index contributed by atoms with van der Waals surface area (Å²) in [6, 6.07) is 0.536. The van der Waals surface area contributed by atoms with Crippen LogP contribution in [0.15, 0.2) is 0 Å². The molecular formula is C16H32N2O2. The van der Waals surface area contributed by atoms with Gasteiger partial charge in [-0.15, -0.1) is 0 Å². The zero-order chi connectivity index (χ0) is 14.8. The molecule has 0 aliphatic carbocycles. The zero-order valence-electron chi connectivity index (χ0n) is 13.5. The van der Waals surface area contributed by atoms with Crippen LogP contribution in [0.2, 0.25) is 0 Å². The molecule has 1 heterocycles. The van der Waals surface area contributed by atoms with Gasteiger partial charge < -0.3 is 10.1 Å². The van der Waals surface area contributed by atoms with Gasteiger partial charge in [0.2, 0.25) is 0 Å². The van der Waals surface area contributed by atoms with Gasteiger partial charge in [-0.05, 0) is 38.3 Å².